The molecule has 1 aliphatic rings. The van der Waals surface area contributed by atoms with E-state index in [2.05, 4.69) is 10.4 Å². The van der Waals surface area contributed by atoms with Crippen LogP contribution in [0.5, 0.6) is 0 Å². The molecule has 0 spiro atoms. The van der Waals surface area contributed by atoms with Gasteiger partial charge in [-0.3, -0.25) is 19.1 Å². The minimum absolute atomic E-state index is 0.0700. The van der Waals surface area contributed by atoms with Crippen LogP contribution in [0.2, 0.25) is 0 Å². The van der Waals surface area contributed by atoms with Crippen LogP contribution in [0, 0.1) is 5.92 Å². The van der Waals surface area contributed by atoms with Crippen LogP contribution in [-0.2, 0) is 21.4 Å². The van der Waals surface area contributed by atoms with Crippen LogP contribution < -0.4 is 5.32 Å². The number of nitrogens with zero attached hydrogens (tertiary/aromatic N) is 3. The summed E-state index contributed by atoms with van der Waals surface area (Å²) >= 11 is 0. The largest absolute Gasteiger partial charge is 0.466 e. The quantitative estimate of drug-likeness (QED) is 0.767. The lowest BCUT2D eigenvalue weighted by Gasteiger charge is -2.30. The average Bonchev–Trinajstić information content (AvgIpc) is 2.99. The molecule has 23 heavy (non-hydrogen) atoms. The third kappa shape index (κ3) is 4.54. The summed E-state index contributed by atoms with van der Waals surface area (Å²) in [6.07, 6.45) is 2.86. The fourth-order valence-corrected chi connectivity index (χ4v) is 2.52. The van der Waals surface area contributed by atoms with E-state index in [9.17, 15) is 14.4 Å². The molecule has 1 aromatic heterocycles. The Kier molecular flexibility index (Phi) is 5.72. The highest BCUT2D eigenvalue weighted by atomic mass is 16.5. The second-order valence-corrected chi connectivity index (χ2v) is 5.46. The molecule has 0 aromatic carbocycles. The lowest BCUT2D eigenvalue weighted by Crippen LogP contribution is -2.45. The number of aromatic nitrogens is 2. The second-order valence-electron chi connectivity index (χ2n) is 5.46. The molecule has 0 radical (unpaired) electrons. The van der Waals surface area contributed by atoms with Gasteiger partial charge in [-0.25, -0.2) is 0 Å². The number of carbonyl (C=O) groups excluding carboxylic acids is 3. The number of amides is 2. The molecule has 0 saturated carbocycles. The van der Waals surface area contributed by atoms with E-state index in [4.69, 9.17) is 4.74 Å². The summed E-state index contributed by atoms with van der Waals surface area (Å²) in [6, 6.07) is 1.59. The first-order valence-electron chi connectivity index (χ1n) is 7.73. The number of rotatable bonds is 5. The van der Waals surface area contributed by atoms with Gasteiger partial charge in [0.2, 0.25) is 5.91 Å². The Balaban J connectivity index is 1.75. The number of hydrogen-bond donors (Lipinski definition) is 1. The zero-order valence-electron chi connectivity index (χ0n) is 13.4. The molecule has 8 nitrogen and oxygen atoms in total. The lowest BCUT2D eigenvalue weighted by atomic mass is 9.97. The molecule has 0 atom stereocenters. The fourth-order valence-electron chi connectivity index (χ4n) is 2.52. The van der Waals surface area contributed by atoms with Crippen LogP contribution in [0.4, 0.5) is 0 Å². The van der Waals surface area contributed by atoms with E-state index in [0.29, 0.717) is 32.5 Å². The molecule has 1 aliphatic heterocycles. The van der Waals surface area contributed by atoms with Gasteiger partial charge < -0.3 is 15.0 Å². The smallest absolute Gasteiger partial charge is 0.309 e. The molecular weight excluding hydrogens is 300 g/mol. The Morgan fingerprint density at radius 1 is 1.35 bits per heavy atom. The Labute approximate surface area is 134 Å². The highest BCUT2D eigenvalue weighted by Crippen LogP contribution is 2.18. The normalized spacial score (nSPS) is 15.3. The molecule has 0 aliphatic carbocycles. The van der Waals surface area contributed by atoms with E-state index in [0.717, 1.165) is 0 Å². The van der Waals surface area contributed by atoms with E-state index >= 15 is 0 Å². The maximum Gasteiger partial charge on any atom is 0.309 e. The zero-order chi connectivity index (χ0) is 16.8. The summed E-state index contributed by atoms with van der Waals surface area (Å²) in [5, 5.41) is 6.54. The highest BCUT2D eigenvalue weighted by Gasteiger charge is 2.28. The number of esters is 1. The van der Waals surface area contributed by atoms with Crippen molar-refractivity contribution in [2.45, 2.75) is 19.8 Å². The van der Waals surface area contributed by atoms with Crippen molar-refractivity contribution in [3.63, 3.8) is 0 Å². The molecule has 0 bridgehead atoms. The van der Waals surface area contributed by atoms with Crippen LogP contribution >= 0.6 is 0 Å². The first kappa shape index (κ1) is 17.0. The van der Waals surface area contributed by atoms with Gasteiger partial charge in [-0.05, 0) is 25.8 Å². The number of aryl methyl sites for hydroxylation is 1. The van der Waals surface area contributed by atoms with Crippen LogP contribution in [-0.4, -0.2) is 58.7 Å². The summed E-state index contributed by atoms with van der Waals surface area (Å²) in [6.45, 7) is 3.08. The first-order chi connectivity index (χ1) is 11.0. The topological polar surface area (TPSA) is 93.5 Å². The molecule has 126 valence electrons. The Hall–Kier alpha value is -2.38. The Bertz CT molecular complexity index is 576. The van der Waals surface area contributed by atoms with Crippen LogP contribution in [0.25, 0.3) is 0 Å². The molecule has 1 fully saturated rings. The van der Waals surface area contributed by atoms with Crippen molar-refractivity contribution in [2.75, 3.05) is 26.2 Å². The van der Waals surface area contributed by atoms with Crippen LogP contribution in [0.3, 0.4) is 0 Å². The molecule has 2 rings (SSSR count). The maximum absolute atomic E-state index is 12.1. The molecule has 1 N–H and O–H groups in total. The monoisotopic (exact) mass is 322 g/mol. The predicted molar refractivity (Wildman–Crippen MR) is 81.5 cm³/mol. The van der Waals surface area contributed by atoms with Gasteiger partial charge in [0, 0.05) is 26.3 Å². The molecule has 8 heteroatoms. The number of ether oxygens (including phenoxy) is 1. The number of nitrogens with one attached hydrogen (secondary N) is 1. The summed E-state index contributed by atoms with van der Waals surface area (Å²) in [7, 11) is 1.72. The van der Waals surface area contributed by atoms with Gasteiger partial charge >= 0.3 is 5.97 Å². The van der Waals surface area contributed by atoms with E-state index in [1.165, 1.54) is 4.68 Å². The minimum Gasteiger partial charge on any atom is -0.466 e. The molecule has 2 amide bonds. The van der Waals surface area contributed by atoms with E-state index < -0.39 is 0 Å². The molecular formula is C15H22N4O4. The van der Waals surface area contributed by atoms with Crippen molar-refractivity contribution in [3.8, 4) is 0 Å². The van der Waals surface area contributed by atoms with Crippen molar-refractivity contribution >= 4 is 17.8 Å². The third-order valence-corrected chi connectivity index (χ3v) is 3.81. The Morgan fingerprint density at radius 3 is 2.61 bits per heavy atom. The molecule has 1 aromatic rings. The summed E-state index contributed by atoms with van der Waals surface area (Å²) in [5.74, 6) is -0.859. The van der Waals surface area contributed by atoms with E-state index in [-0.39, 0.29) is 35.9 Å². The molecule has 0 unspecified atom stereocenters. The van der Waals surface area contributed by atoms with Crippen molar-refractivity contribution in [3.05, 3.63) is 18.0 Å². The van der Waals surface area contributed by atoms with Gasteiger partial charge in [0.25, 0.3) is 5.91 Å². The predicted octanol–water partition coefficient (Wildman–Crippen LogP) is -0.0484. The fraction of sp³-hybridized carbons (Fsp3) is 0.600. The van der Waals surface area contributed by atoms with Crippen LogP contribution in [0.15, 0.2) is 12.3 Å². The van der Waals surface area contributed by atoms with Crippen molar-refractivity contribution in [2.24, 2.45) is 13.0 Å². The standard InChI is InChI=1S/C15H22N4O4/c1-3-23-15(22)11-4-8-19(9-5-11)13(20)10-16-14(21)12-6-7-18(2)17-12/h6-7,11H,3-5,8-10H2,1-2H3,(H,16,21). The maximum atomic E-state index is 12.1. The SMILES string of the molecule is CCOC(=O)C1CCN(C(=O)CNC(=O)c2ccn(C)n2)CC1. The molecule has 1 saturated heterocycles. The number of piperidine rings is 1. The summed E-state index contributed by atoms with van der Waals surface area (Å²) in [4.78, 5) is 37.3. The van der Waals surface area contributed by atoms with Gasteiger partial charge in [0.15, 0.2) is 0 Å². The molecule has 2 heterocycles. The van der Waals surface area contributed by atoms with Gasteiger partial charge in [0.05, 0.1) is 19.1 Å². The van der Waals surface area contributed by atoms with Crippen molar-refractivity contribution in [1.82, 2.24) is 20.0 Å². The Morgan fingerprint density at radius 2 is 2.04 bits per heavy atom. The third-order valence-electron chi connectivity index (χ3n) is 3.81. The second kappa shape index (κ2) is 7.75. The minimum atomic E-state index is -0.375. The van der Waals surface area contributed by atoms with E-state index in [1.54, 1.807) is 31.1 Å². The summed E-state index contributed by atoms with van der Waals surface area (Å²) < 4.78 is 6.52. The summed E-state index contributed by atoms with van der Waals surface area (Å²) in [5.41, 5.74) is 0.279. The first-order valence-corrected chi connectivity index (χ1v) is 7.73. The van der Waals surface area contributed by atoms with Gasteiger partial charge in [-0.2, -0.15) is 5.10 Å². The van der Waals surface area contributed by atoms with Gasteiger partial charge in [-0.15, -0.1) is 0 Å². The van der Waals surface area contributed by atoms with Crippen LogP contribution in [0.1, 0.15) is 30.3 Å². The van der Waals surface area contributed by atoms with Crippen molar-refractivity contribution in [1.29, 1.82) is 0 Å². The van der Waals surface area contributed by atoms with E-state index in [1.807, 2.05) is 0 Å². The van der Waals surface area contributed by atoms with Crippen molar-refractivity contribution < 1.29 is 19.1 Å². The number of carbonyl (C=O) groups is 3. The van der Waals surface area contributed by atoms with Gasteiger partial charge in [0.1, 0.15) is 5.69 Å². The number of likely N-dealkylation sites (tertiary alicyclic amines) is 1. The zero-order valence-corrected chi connectivity index (χ0v) is 13.4. The number of hydrogen-bond acceptors (Lipinski definition) is 5. The van der Waals surface area contributed by atoms with Gasteiger partial charge in [-0.1, -0.05) is 0 Å². The average molecular weight is 322 g/mol. The highest BCUT2D eigenvalue weighted by molar-refractivity contribution is 5.94. The lowest BCUT2D eigenvalue weighted by molar-refractivity contribution is -0.151.